The molecule has 0 amide bonds. The molecule has 0 unspecified atom stereocenters. The lowest BCUT2D eigenvalue weighted by molar-refractivity contribution is 0.202. The van der Waals surface area contributed by atoms with Gasteiger partial charge in [-0.05, 0) is 56.8 Å². The maximum Gasteiger partial charge on any atom is 0.253 e. The summed E-state index contributed by atoms with van der Waals surface area (Å²) in [5.41, 5.74) is 2.65. The molecular formula is C19H28N4O2S. The third-order valence-electron chi connectivity index (χ3n) is 4.12. The van der Waals surface area contributed by atoms with E-state index in [1.54, 1.807) is 7.11 Å². The van der Waals surface area contributed by atoms with Crippen LogP contribution in [0.3, 0.4) is 0 Å². The van der Waals surface area contributed by atoms with Crippen molar-refractivity contribution < 1.29 is 4.74 Å². The second-order valence-corrected chi connectivity index (χ2v) is 7.05. The number of nitrogens with one attached hydrogen (secondary N) is 2. The number of nitrogens with zero attached hydrogens (tertiary/aromatic N) is 2. The summed E-state index contributed by atoms with van der Waals surface area (Å²) in [5.74, 6) is 0. The van der Waals surface area contributed by atoms with Crippen molar-refractivity contribution in [2.75, 3.05) is 47.4 Å². The number of ether oxygens (including phenoxy) is 1. The first-order valence-corrected chi connectivity index (χ1v) is 9.10. The molecule has 0 aliphatic rings. The van der Waals surface area contributed by atoms with Crippen LogP contribution in [0, 0.1) is 6.92 Å². The highest BCUT2D eigenvalue weighted by Crippen LogP contribution is 2.14. The summed E-state index contributed by atoms with van der Waals surface area (Å²) in [6.45, 7) is 5.31. The number of aryl methyl sites for hydroxylation is 1. The number of fused-ring (bicyclic) bond motifs is 1. The number of hydrogen-bond acceptors (Lipinski definition) is 4. The van der Waals surface area contributed by atoms with Gasteiger partial charge in [0.2, 0.25) is 0 Å². The fourth-order valence-electron chi connectivity index (χ4n) is 2.64. The molecule has 0 fully saturated rings. The van der Waals surface area contributed by atoms with Gasteiger partial charge in [-0.15, -0.1) is 0 Å². The number of H-pyrrole nitrogens is 1. The van der Waals surface area contributed by atoms with E-state index >= 15 is 0 Å². The molecule has 0 radical (unpaired) electrons. The Kier molecular flexibility index (Phi) is 7.56. The SMILES string of the molecule is COCCNC(=S)N(CCN(C)C)Cc1cc2cc(C)ccc2[nH]c1=O. The minimum absolute atomic E-state index is 0.0732. The lowest BCUT2D eigenvalue weighted by Gasteiger charge is -2.27. The molecule has 2 N–H and O–H groups in total. The average molecular weight is 377 g/mol. The molecule has 0 bridgehead atoms. The zero-order valence-electron chi connectivity index (χ0n) is 16.0. The number of pyridine rings is 1. The van der Waals surface area contributed by atoms with Gasteiger partial charge >= 0.3 is 0 Å². The number of benzene rings is 1. The smallest absolute Gasteiger partial charge is 0.253 e. The number of aromatic nitrogens is 1. The predicted octanol–water partition coefficient (Wildman–Crippen LogP) is 1.72. The van der Waals surface area contributed by atoms with Crippen LogP contribution in [-0.4, -0.2) is 67.3 Å². The minimum Gasteiger partial charge on any atom is -0.383 e. The molecule has 1 heterocycles. The molecule has 6 nitrogen and oxygen atoms in total. The first-order valence-electron chi connectivity index (χ1n) is 8.69. The third-order valence-corrected chi connectivity index (χ3v) is 4.53. The molecule has 1 aromatic heterocycles. The second-order valence-electron chi connectivity index (χ2n) is 6.66. The van der Waals surface area contributed by atoms with E-state index in [9.17, 15) is 4.79 Å². The van der Waals surface area contributed by atoms with Crippen molar-refractivity contribution in [1.82, 2.24) is 20.1 Å². The maximum atomic E-state index is 12.5. The minimum atomic E-state index is -0.0732. The summed E-state index contributed by atoms with van der Waals surface area (Å²) in [7, 11) is 5.70. The Bertz CT molecular complexity index is 804. The molecule has 26 heavy (non-hydrogen) atoms. The average Bonchev–Trinajstić information content (AvgIpc) is 2.59. The number of methoxy groups -OCH3 is 1. The lowest BCUT2D eigenvalue weighted by Crippen LogP contribution is -2.44. The van der Waals surface area contributed by atoms with Gasteiger partial charge in [0.15, 0.2) is 5.11 Å². The van der Waals surface area contributed by atoms with Crippen LogP contribution in [0.25, 0.3) is 10.9 Å². The van der Waals surface area contributed by atoms with Crippen molar-refractivity contribution in [1.29, 1.82) is 0 Å². The number of thiocarbonyl (C=S) groups is 1. The van der Waals surface area contributed by atoms with E-state index in [0.717, 1.165) is 29.6 Å². The molecule has 0 saturated heterocycles. The Morgan fingerprint density at radius 3 is 2.73 bits per heavy atom. The van der Waals surface area contributed by atoms with Gasteiger partial charge < -0.3 is 24.8 Å². The highest BCUT2D eigenvalue weighted by Gasteiger charge is 2.13. The summed E-state index contributed by atoms with van der Waals surface area (Å²) in [4.78, 5) is 19.6. The van der Waals surface area contributed by atoms with Crippen molar-refractivity contribution in [2.45, 2.75) is 13.5 Å². The van der Waals surface area contributed by atoms with Crippen LogP contribution in [0.2, 0.25) is 0 Å². The largest absolute Gasteiger partial charge is 0.383 e. The number of aromatic amines is 1. The number of likely N-dealkylation sites (N-methyl/N-ethyl adjacent to an activating group) is 1. The zero-order chi connectivity index (χ0) is 19.1. The summed E-state index contributed by atoms with van der Waals surface area (Å²) < 4.78 is 5.06. The third kappa shape index (κ3) is 5.79. The molecule has 0 atom stereocenters. The van der Waals surface area contributed by atoms with Gasteiger partial charge in [0.05, 0.1) is 13.2 Å². The number of rotatable bonds is 8. The van der Waals surface area contributed by atoms with Gasteiger partial charge in [-0.3, -0.25) is 4.79 Å². The molecule has 142 valence electrons. The van der Waals surface area contributed by atoms with Gasteiger partial charge in [-0.2, -0.15) is 0 Å². The topological polar surface area (TPSA) is 60.6 Å². The van der Waals surface area contributed by atoms with Crippen LogP contribution in [0.1, 0.15) is 11.1 Å². The highest BCUT2D eigenvalue weighted by atomic mass is 32.1. The molecule has 0 aliphatic heterocycles. The van der Waals surface area contributed by atoms with Crippen molar-refractivity contribution in [2.24, 2.45) is 0 Å². The van der Waals surface area contributed by atoms with Crippen LogP contribution in [0.4, 0.5) is 0 Å². The van der Waals surface area contributed by atoms with Gasteiger partial charge in [0.1, 0.15) is 0 Å². The van der Waals surface area contributed by atoms with E-state index in [2.05, 4.69) is 21.3 Å². The van der Waals surface area contributed by atoms with E-state index in [1.807, 2.05) is 44.1 Å². The normalized spacial score (nSPS) is 11.1. The zero-order valence-corrected chi connectivity index (χ0v) is 16.8. The summed E-state index contributed by atoms with van der Waals surface area (Å²) in [6.07, 6.45) is 0. The van der Waals surface area contributed by atoms with E-state index in [4.69, 9.17) is 17.0 Å². The summed E-state index contributed by atoms with van der Waals surface area (Å²) >= 11 is 5.53. The Hall–Kier alpha value is -1.96. The van der Waals surface area contributed by atoms with Crippen molar-refractivity contribution in [3.8, 4) is 0 Å². The van der Waals surface area contributed by atoms with Crippen molar-refractivity contribution in [3.63, 3.8) is 0 Å². The van der Waals surface area contributed by atoms with Crippen LogP contribution in [0.5, 0.6) is 0 Å². The Morgan fingerprint density at radius 1 is 1.27 bits per heavy atom. The van der Waals surface area contributed by atoms with Crippen LogP contribution < -0.4 is 10.9 Å². The first kappa shape index (κ1) is 20.4. The standard InChI is InChI=1S/C19H28N4O2S/c1-14-5-6-17-15(11-14)12-16(18(24)21-17)13-23(9-8-22(2)3)19(26)20-7-10-25-4/h5-6,11-12H,7-10,13H2,1-4H3,(H,20,26)(H,21,24). The summed E-state index contributed by atoms with van der Waals surface area (Å²) in [6, 6.07) is 7.97. The van der Waals surface area contributed by atoms with E-state index in [0.29, 0.717) is 30.4 Å². The molecule has 0 saturated carbocycles. The van der Waals surface area contributed by atoms with Crippen molar-refractivity contribution in [3.05, 3.63) is 45.7 Å². The molecule has 1 aromatic carbocycles. The summed E-state index contributed by atoms with van der Waals surface area (Å²) in [5, 5.41) is 4.86. The monoisotopic (exact) mass is 376 g/mol. The van der Waals surface area contributed by atoms with Gasteiger partial charge in [-0.25, -0.2) is 0 Å². The van der Waals surface area contributed by atoms with E-state index < -0.39 is 0 Å². The van der Waals surface area contributed by atoms with Gasteiger partial charge in [0, 0.05) is 37.8 Å². The van der Waals surface area contributed by atoms with Crippen LogP contribution in [0.15, 0.2) is 29.1 Å². The lowest BCUT2D eigenvalue weighted by atomic mass is 10.1. The van der Waals surface area contributed by atoms with Crippen LogP contribution >= 0.6 is 12.2 Å². The molecule has 7 heteroatoms. The fourth-order valence-corrected chi connectivity index (χ4v) is 2.90. The molecule has 0 aliphatic carbocycles. The Morgan fingerprint density at radius 2 is 2.04 bits per heavy atom. The molecular weight excluding hydrogens is 348 g/mol. The van der Waals surface area contributed by atoms with Crippen LogP contribution in [-0.2, 0) is 11.3 Å². The number of hydrogen-bond donors (Lipinski definition) is 2. The quantitative estimate of drug-likeness (QED) is 0.540. The highest BCUT2D eigenvalue weighted by molar-refractivity contribution is 7.80. The van der Waals surface area contributed by atoms with Gasteiger partial charge in [0.25, 0.3) is 5.56 Å². The molecule has 0 spiro atoms. The Balaban J connectivity index is 2.22. The fraction of sp³-hybridized carbons (Fsp3) is 0.474. The van der Waals surface area contributed by atoms with E-state index in [1.165, 1.54) is 0 Å². The van der Waals surface area contributed by atoms with E-state index in [-0.39, 0.29) is 5.56 Å². The molecule has 2 rings (SSSR count). The predicted molar refractivity (Wildman–Crippen MR) is 111 cm³/mol. The maximum absolute atomic E-state index is 12.5. The Labute approximate surface area is 160 Å². The van der Waals surface area contributed by atoms with Gasteiger partial charge in [-0.1, -0.05) is 11.6 Å². The first-order chi connectivity index (χ1) is 12.4. The van der Waals surface area contributed by atoms with Crippen molar-refractivity contribution >= 4 is 28.2 Å². The second kappa shape index (κ2) is 9.66. The molecule has 2 aromatic rings.